The number of ether oxygens (including phenoxy) is 1. The van der Waals surface area contributed by atoms with E-state index in [-0.39, 0.29) is 11.7 Å². The largest absolute Gasteiger partial charge is 0.375 e. The van der Waals surface area contributed by atoms with Gasteiger partial charge in [0.25, 0.3) is 5.56 Å². The molecule has 3 atom stereocenters. The first-order chi connectivity index (χ1) is 13.1. The third kappa shape index (κ3) is 4.19. The summed E-state index contributed by atoms with van der Waals surface area (Å²) in [7, 11) is 0. The molecule has 0 radical (unpaired) electrons. The maximum atomic E-state index is 12.4. The Bertz CT molecular complexity index is 820. The summed E-state index contributed by atoms with van der Waals surface area (Å²) < 4.78 is 5.65. The molecule has 2 aromatic rings. The Balaban J connectivity index is 1.60. The number of hydrogen-bond donors (Lipinski definition) is 1. The van der Waals surface area contributed by atoms with Crippen molar-refractivity contribution in [2.75, 3.05) is 36.0 Å². The van der Waals surface area contributed by atoms with Gasteiger partial charge in [-0.15, -0.1) is 0 Å². The molecular formula is C22H29N3O2. The molecule has 1 aromatic carbocycles. The number of aromatic amines is 1. The van der Waals surface area contributed by atoms with Crippen LogP contribution in [0.2, 0.25) is 0 Å². The summed E-state index contributed by atoms with van der Waals surface area (Å²) in [5.74, 6) is 1.57. The van der Waals surface area contributed by atoms with Crippen molar-refractivity contribution in [3.05, 3.63) is 58.4 Å². The minimum atomic E-state index is -0.0281. The highest BCUT2D eigenvalue weighted by molar-refractivity contribution is 5.56. The molecule has 5 nitrogen and oxygen atoms in total. The number of benzene rings is 1. The average molecular weight is 367 g/mol. The molecule has 1 aromatic heterocycles. The Morgan fingerprint density at radius 3 is 2.74 bits per heavy atom. The first kappa shape index (κ1) is 18.1. The van der Waals surface area contributed by atoms with Crippen LogP contribution in [-0.4, -0.2) is 43.4 Å². The number of rotatable bonds is 4. The number of pyridine rings is 1. The van der Waals surface area contributed by atoms with E-state index >= 15 is 0 Å². The minimum Gasteiger partial charge on any atom is -0.375 e. The number of anilines is 2. The van der Waals surface area contributed by atoms with Crippen LogP contribution in [0.3, 0.4) is 0 Å². The lowest BCUT2D eigenvalue weighted by Crippen LogP contribution is -2.41. The van der Waals surface area contributed by atoms with Gasteiger partial charge >= 0.3 is 0 Å². The Morgan fingerprint density at radius 1 is 1.15 bits per heavy atom. The molecular weight excluding hydrogens is 338 g/mol. The fraction of sp³-hybridized carbons (Fsp3) is 0.500. The number of nitrogens with one attached hydrogen (secondary N) is 1. The first-order valence-electron chi connectivity index (χ1n) is 10.00. The van der Waals surface area contributed by atoms with Gasteiger partial charge in [0.05, 0.1) is 12.7 Å². The fourth-order valence-electron chi connectivity index (χ4n) is 4.43. The Kier molecular flexibility index (Phi) is 5.21. The van der Waals surface area contributed by atoms with Gasteiger partial charge in [0.1, 0.15) is 5.82 Å². The average Bonchev–Trinajstić information content (AvgIpc) is 3.02. The van der Waals surface area contributed by atoms with E-state index in [1.54, 1.807) is 6.07 Å². The Morgan fingerprint density at radius 2 is 1.96 bits per heavy atom. The van der Waals surface area contributed by atoms with E-state index in [0.29, 0.717) is 18.6 Å². The van der Waals surface area contributed by atoms with Gasteiger partial charge in [-0.2, -0.15) is 0 Å². The lowest BCUT2D eigenvalue weighted by Gasteiger charge is -2.34. The molecule has 1 N–H and O–H groups in total. The second kappa shape index (κ2) is 7.77. The number of hydrogen-bond acceptors (Lipinski definition) is 4. The van der Waals surface area contributed by atoms with Gasteiger partial charge in [0, 0.05) is 43.5 Å². The minimum absolute atomic E-state index is 0.0281. The van der Waals surface area contributed by atoms with Gasteiger partial charge < -0.3 is 19.5 Å². The Hall–Kier alpha value is -2.27. The summed E-state index contributed by atoms with van der Waals surface area (Å²) in [4.78, 5) is 20.1. The highest BCUT2D eigenvalue weighted by Crippen LogP contribution is 2.31. The lowest BCUT2D eigenvalue weighted by atomic mass is 10.0. The monoisotopic (exact) mass is 367 g/mol. The summed E-state index contributed by atoms with van der Waals surface area (Å²) >= 11 is 0. The molecule has 2 aliphatic rings. The van der Waals surface area contributed by atoms with Crippen molar-refractivity contribution in [3.8, 4) is 0 Å². The van der Waals surface area contributed by atoms with E-state index in [1.807, 2.05) is 0 Å². The van der Waals surface area contributed by atoms with Crippen LogP contribution in [0.1, 0.15) is 25.8 Å². The van der Waals surface area contributed by atoms with Gasteiger partial charge in [0.2, 0.25) is 0 Å². The van der Waals surface area contributed by atoms with E-state index in [2.05, 4.69) is 65.0 Å². The van der Waals surface area contributed by atoms with E-state index in [4.69, 9.17) is 4.74 Å². The maximum absolute atomic E-state index is 12.4. The molecule has 0 spiro atoms. The predicted molar refractivity (Wildman–Crippen MR) is 110 cm³/mol. The van der Waals surface area contributed by atoms with E-state index in [0.717, 1.165) is 44.0 Å². The van der Waals surface area contributed by atoms with Crippen LogP contribution in [0.4, 0.5) is 11.5 Å². The van der Waals surface area contributed by atoms with Crippen molar-refractivity contribution in [2.24, 2.45) is 5.92 Å². The zero-order valence-corrected chi connectivity index (χ0v) is 16.2. The summed E-state index contributed by atoms with van der Waals surface area (Å²) in [6, 6.07) is 14.9. The van der Waals surface area contributed by atoms with Crippen LogP contribution < -0.4 is 15.4 Å². The van der Waals surface area contributed by atoms with Gasteiger partial charge in [-0.25, -0.2) is 0 Å². The molecule has 2 fully saturated rings. The van der Waals surface area contributed by atoms with Crippen LogP contribution in [0.5, 0.6) is 0 Å². The maximum Gasteiger partial charge on any atom is 0.251 e. The summed E-state index contributed by atoms with van der Waals surface area (Å²) in [6.07, 6.45) is 2.35. The molecule has 0 bridgehead atoms. The lowest BCUT2D eigenvalue weighted by molar-refractivity contribution is 0.0532. The molecule has 2 aliphatic heterocycles. The van der Waals surface area contributed by atoms with Crippen LogP contribution >= 0.6 is 0 Å². The molecule has 0 saturated carbocycles. The molecule has 0 unspecified atom stereocenters. The van der Waals surface area contributed by atoms with Gasteiger partial charge in [-0.3, -0.25) is 4.79 Å². The van der Waals surface area contributed by atoms with Crippen LogP contribution in [0.25, 0.3) is 0 Å². The standard InChI is InChI=1S/C22H29N3O2/c1-16-10-20(11-18-6-4-3-5-7-18)25(14-16)21-12-19(13-22(26)23-21)24-8-9-27-17(2)15-24/h3-7,12-13,16-17,20H,8-11,14-15H2,1-2H3,(H,23,26)/t16-,17-,20+/m1/s1. The van der Waals surface area contributed by atoms with Gasteiger partial charge in [0.15, 0.2) is 0 Å². The number of aromatic nitrogens is 1. The topological polar surface area (TPSA) is 48.6 Å². The third-order valence-electron chi connectivity index (χ3n) is 5.67. The molecule has 4 rings (SSSR count). The summed E-state index contributed by atoms with van der Waals surface area (Å²) in [5.41, 5.74) is 2.32. The second-order valence-electron chi connectivity index (χ2n) is 8.05. The van der Waals surface area contributed by atoms with E-state index in [1.165, 1.54) is 5.56 Å². The number of morpholine rings is 1. The SMILES string of the molecule is C[C@@H]1C[C@@H](Cc2ccccc2)N(c2cc(N3CCO[C@H](C)C3)cc(=O)[nH]2)C1. The normalized spacial score (nSPS) is 25.8. The highest BCUT2D eigenvalue weighted by Gasteiger charge is 2.31. The van der Waals surface area contributed by atoms with Crippen LogP contribution in [0, 0.1) is 5.92 Å². The number of nitrogens with zero attached hydrogens (tertiary/aromatic N) is 2. The zero-order chi connectivity index (χ0) is 18.8. The summed E-state index contributed by atoms with van der Waals surface area (Å²) in [5, 5.41) is 0. The fourth-order valence-corrected chi connectivity index (χ4v) is 4.43. The third-order valence-corrected chi connectivity index (χ3v) is 5.67. The van der Waals surface area contributed by atoms with Crippen LogP contribution in [0.15, 0.2) is 47.3 Å². The smallest absolute Gasteiger partial charge is 0.251 e. The molecule has 5 heteroatoms. The zero-order valence-electron chi connectivity index (χ0n) is 16.2. The second-order valence-corrected chi connectivity index (χ2v) is 8.05. The molecule has 0 amide bonds. The quantitative estimate of drug-likeness (QED) is 0.902. The molecule has 0 aliphatic carbocycles. The van der Waals surface area contributed by atoms with E-state index in [9.17, 15) is 4.79 Å². The van der Waals surface area contributed by atoms with Gasteiger partial charge in [-0.1, -0.05) is 37.3 Å². The van der Waals surface area contributed by atoms with Crippen molar-refractivity contribution in [1.29, 1.82) is 0 Å². The van der Waals surface area contributed by atoms with Gasteiger partial charge in [-0.05, 0) is 31.2 Å². The summed E-state index contributed by atoms with van der Waals surface area (Å²) in [6.45, 7) is 7.72. The molecule has 27 heavy (non-hydrogen) atoms. The highest BCUT2D eigenvalue weighted by atomic mass is 16.5. The predicted octanol–water partition coefficient (Wildman–Crippen LogP) is 3.06. The van der Waals surface area contributed by atoms with E-state index < -0.39 is 0 Å². The molecule has 2 saturated heterocycles. The Labute approximate surface area is 161 Å². The van der Waals surface area contributed by atoms with Crippen molar-refractivity contribution < 1.29 is 4.74 Å². The molecule has 3 heterocycles. The first-order valence-corrected chi connectivity index (χ1v) is 10.00. The van der Waals surface area contributed by atoms with Crippen molar-refractivity contribution >= 4 is 11.5 Å². The van der Waals surface area contributed by atoms with Crippen molar-refractivity contribution in [1.82, 2.24) is 4.98 Å². The number of H-pyrrole nitrogens is 1. The molecule has 144 valence electrons. The van der Waals surface area contributed by atoms with Crippen molar-refractivity contribution in [3.63, 3.8) is 0 Å². The van der Waals surface area contributed by atoms with Crippen LogP contribution in [-0.2, 0) is 11.2 Å². The van der Waals surface area contributed by atoms with Crippen molar-refractivity contribution in [2.45, 2.75) is 38.8 Å².